The number of rotatable bonds is 6. The highest BCUT2D eigenvalue weighted by Gasteiger charge is 2.71. The van der Waals surface area contributed by atoms with E-state index in [1.807, 2.05) is 0 Å². The van der Waals surface area contributed by atoms with Crippen molar-refractivity contribution in [1.29, 1.82) is 0 Å². The van der Waals surface area contributed by atoms with Crippen LogP contribution in [0.4, 0.5) is 8.78 Å². The van der Waals surface area contributed by atoms with E-state index in [2.05, 4.69) is 4.74 Å². The predicted octanol–water partition coefficient (Wildman–Crippen LogP) is 1.68. The second-order valence-electron chi connectivity index (χ2n) is 10.5. The maximum absolute atomic E-state index is 13.7. The molecule has 0 aromatic rings. The van der Waals surface area contributed by atoms with Gasteiger partial charge in [0.1, 0.15) is 0 Å². The summed E-state index contributed by atoms with van der Waals surface area (Å²) < 4.78 is 62.2. The Bertz CT molecular complexity index is 830. The van der Waals surface area contributed by atoms with E-state index in [4.69, 9.17) is 4.55 Å². The first-order valence-electron chi connectivity index (χ1n) is 9.96. The number of hydrogen-bond acceptors (Lipinski definition) is 7. The molecule has 4 N–H and O–H groups in total. The summed E-state index contributed by atoms with van der Waals surface area (Å²) in [5.74, 6) is -2.61. The molecule has 4 aliphatic rings. The highest BCUT2D eigenvalue weighted by molar-refractivity contribution is 7.86. The van der Waals surface area contributed by atoms with E-state index < -0.39 is 61.5 Å². The first-order chi connectivity index (χ1) is 13.3. The first kappa shape index (κ1) is 23.8. The summed E-state index contributed by atoms with van der Waals surface area (Å²) in [5.41, 5.74) is -4.23. The third-order valence-electron chi connectivity index (χ3n) is 7.97. The number of hydrogen-bond donors (Lipinski definition) is 4. The molecule has 8 nitrogen and oxygen atoms in total. The highest BCUT2D eigenvalue weighted by atomic mass is 32.2. The lowest BCUT2D eigenvalue weighted by Gasteiger charge is -2.70. The summed E-state index contributed by atoms with van der Waals surface area (Å²) in [6, 6.07) is 0. The van der Waals surface area contributed by atoms with Gasteiger partial charge in [0.25, 0.3) is 6.29 Å². The summed E-state index contributed by atoms with van der Waals surface area (Å²) in [6.45, 7) is 6.40. The smallest absolute Gasteiger partial charge is 0.428 e. The lowest BCUT2D eigenvalue weighted by atomic mass is 9.35. The van der Waals surface area contributed by atoms with Crippen LogP contribution in [0.2, 0.25) is 0 Å². The van der Waals surface area contributed by atoms with Crippen molar-refractivity contribution >= 4 is 16.1 Å². The molecule has 5 unspecified atom stereocenters. The molecule has 0 saturated heterocycles. The van der Waals surface area contributed by atoms with Crippen molar-refractivity contribution in [2.45, 2.75) is 82.5 Å². The van der Waals surface area contributed by atoms with Crippen LogP contribution in [0.15, 0.2) is 0 Å². The zero-order chi connectivity index (χ0) is 23.1. The molecule has 4 saturated carbocycles. The van der Waals surface area contributed by atoms with E-state index in [1.54, 1.807) is 13.8 Å². The second kappa shape index (κ2) is 6.57. The Kier molecular flexibility index (Phi) is 5.20. The summed E-state index contributed by atoms with van der Waals surface area (Å²) in [7, 11) is -6.01. The number of aliphatic hydroxyl groups is 3. The van der Waals surface area contributed by atoms with E-state index in [9.17, 15) is 37.3 Å². The molecule has 0 aliphatic heterocycles. The average Bonchev–Trinajstić information content (AvgIpc) is 2.50. The van der Waals surface area contributed by atoms with Gasteiger partial charge in [-0.25, -0.2) is 0 Å². The van der Waals surface area contributed by atoms with Gasteiger partial charge in [-0.1, -0.05) is 0 Å². The minimum atomic E-state index is -6.01. The summed E-state index contributed by atoms with van der Waals surface area (Å²) in [4.78, 5) is 13.0. The Hall–Kier alpha value is -0.880. The van der Waals surface area contributed by atoms with Crippen LogP contribution in [0.1, 0.15) is 59.8 Å². The minimum Gasteiger partial charge on any atom is -0.428 e. The van der Waals surface area contributed by atoms with Crippen LogP contribution < -0.4 is 0 Å². The average molecular weight is 457 g/mol. The van der Waals surface area contributed by atoms with Crippen molar-refractivity contribution in [1.82, 2.24) is 0 Å². The molecule has 0 spiro atoms. The molecule has 4 rings (SSSR count). The van der Waals surface area contributed by atoms with Gasteiger partial charge in [0.15, 0.2) is 0 Å². The van der Waals surface area contributed by atoms with Crippen LogP contribution in [0, 0.1) is 28.6 Å². The van der Waals surface area contributed by atoms with Gasteiger partial charge >= 0.3 is 21.3 Å². The fourth-order valence-corrected chi connectivity index (χ4v) is 6.83. The highest BCUT2D eigenvalue weighted by Crippen LogP contribution is 2.72. The molecule has 0 amide bonds. The first-order valence-corrected chi connectivity index (χ1v) is 11.4. The normalized spacial score (nSPS) is 37.9. The molecule has 6 atom stereocenters. The Morgan fingerprint density at radius 1 is 1.10 bits per heavy atom. The van der Waals surface area contributed by atoms with E-state index in [0.29, 0.717) is 19.3 Å². The van der Waals surface area contributed by atoms with Crippen LogP contribution in [-0.4, -0.2) is 57.0 Å². The SMILES string of the molecule is CC(C)(O)C12CC3C[C@H](C1)CC(C(C)(C)O)(C2)C3C(=O)OC(O)C(F)(F)S(=O)(=O)O. The lowest BCUT2D eigenvalue weighted by Crippen LogP contribution is -2.69. The van der Waals surface area contributed by atoms with Gasteiger partial charge in [0.2, 0.25) is 0 Å². The molecule has 11 heteroatoms. The quantitative estimate of drug-likeness (QED) is 0.269. The van der Waals surface area contributed by atoms with Gasteiger partial charge in [-0.3, -0.25) is 9.35 Å². The number of esters is 1. The minimum absolute atomic E-state index is 0.114. The van der Waals surface area contributed by atoms with Crippen molar-refractivity contribution < 1.29 is 46.6 Å². The maximum atomic E-state index is 13.7. The van der Waals surface area contributed by atoms with Crippen molar-refractivity contribution in [2.24, 2.45) is 28.6 Å². The third-order valence-corrected chi connectivity index (χ3v) is 8.86. The van der Waals surface area contributed by atoms with Crippen LogP contribution in [0.3, 0.4) is 0 Å². The Labute approximate surface area is 174 Å². The molecular formula is C19H30F2O8S. The molecule has 0 radical (unpaired) electrons. The zero-order valence-electron chi connectivity index (χ0n) is 17.4. The van der Waals surface area contributed by atoms with Crippen molar-refractivity contribution in [2.75, 3.05) is 0 Å². The monoisotopic (exact) mass is 456 g/mol. The van der Waals surface area contributed by atoms with Gasteiger partial charge in [-0.05, 0) is 77.0 Å². The van der Waals surface area contributed by atoms with Gasteiger partial charge in [-0.15, -0.1) is 0 Å². The van der Waals surface area contributed by atoms with Crippen LogP contribution in [0.5, 0.6) is 0 Å². The third kappa shape index (κ3) is 3.28. The molecule has 0 aromatic carbocycles. The van der Waals surface area contributed by atoms with Crippen LogP contribution in [-0.2, 0) is 19.6 Å². The van der Waals surface area contributed by atoms with Crippen molar-refractivity contribution in [3.05, 3.63) is 0 Å². The maximum Gasteiger partial charge on any atom is 0.430 e. The fourth-order valence-electron chi connectivity index (χ4n) is 6.53. The topological polar surface area (TPSA) is 141 Å². The predicted molar refractivity (Wildman–Crippen MR) is 99.6 cm³/mol. The summed E-state index contributed by atoms with van der Waals surface area (Å²) in [5, 5.41) is 26.4. The number of carbonyl (C=O) groups is 1. The van der Waals surface area contributed by atoms with Crippen molar-refractivity contribution in [3.63, 3.8) is 0 Å². The second-order valence-corrected chi connectivity index (χ2v) is 12.0. The van der Waals surface area contributed by atoms with E-state index >= 15 is 0 Å². The Morgan fingerprint density at radius 2 is 1.67 bits per heavy atom. The van der Waals surface area contributed by atoms with E-state index in [0.717, 1.165) is 6.42 Å². The van der Waals surface area contributed by atoms with Gasteiger partial charge in [-0.2, -0.15) is 17.2 Å². The van der Waals surface area contributed by atoms with Crippen molar-refractivity contribution in [3.8, 4) is 0 Å². The molecule has 0 heterocycles. The fraction of sp³-hybridized carbons (Fsp3) is 0.947. The van der Waals surface area contributed by atoms with E-state index in [-0.39, 0.29) is 12.3 Å². The molecule has 4 fully saturated rings. The number of ether oxygens (including phenoxy) is 1. The van der Waals surface area contributed by atoms with Crippen LogP contribution in [0.25, 0.3) is 0 Å². The summed E-state index contributed by atoms with van der Waals surface area (Å²) in [6.07, 6.45) is -1.02. The largest absolute Gasteiger partial charge is 0.430 e. The molecular weight excluding hydrogens is 426 g/mol. The number of aliphatic hydroxyl groups excluding tert-OH is 1. The molecule has 0 aromatic heterocycles. The van der Waals surface area contributed by atoms with Gasteiger partial charge in [0.05, 0.1) is 17.1 Å². The summed E-state index contributed by atoms with van der Waals surface area (Å²) >= 11 is 0. The molecule has 4 bridgehead atoms. The molecule has 174 valence electrons. The number of carbonyl (C=O) groups excluding carboxylic acids is 1. The molecule has 4 aliphatic carbocycles. The number of halogens is 2. The number of alkyl halides is 2. The van der Waals surface area contributed by atoms with E-state index in [1.165, 1.54) is 13.8 Å². The lowest BCUT2D eigenvalue weighted by molar-refractivity contribution is -0.274. The Morgan fingerprint density at radius 3 is 2.13 bits per heavy atom. The van der Waals surface area contributed by atoms with Crippen LogP contribution >= 0.6 is 0 Å². The zero-order valence-corrected chi connectivity index (χ0v) is 18.2. The standard InChI is InChI=1S/C19H30F2O8S/c1-15(2,24)17-6-10-5-11(8-17)12(18(7-10,9-17)16(3,4)25)13(22)29-14(23)19(20,21)30(26,27)28/h10-12,14,23-25H,5-9H2,1-4H3,(H,26,27,28)/t10-,11?,12?,14?,17?,18?/m1/s1. The van der Waals surface area contributed by atoms with Gasteiger partial charge in [0, 0.05) is 5.41 Å². The van der Waals surface area contributed by atoms with Gasteiger partial charge < -0.3 is 20.1 Å². The molecule has 30 heavy (non-hydrogen) atoms. The Balaban J connectivity index is 1.99.